The molecule has 4 N–H and O–H groups in total. The maximum absolute atomic E-state index is 13.1. The molecule has 1 saturated carbocycles. The Morgan fingerprint density at radius 2 is 1.60 bits per heavy atom. The van der Waals surface area contributed by atoms with Crippen LogP contribution in [0.3, 0.4) is 0 Å². The first-order valence-corrected chi connectivity index (χ1v) is 16.4. The average molecular weight is 670 g/mol. The molecule has 0 spiro atoms. The third-order valence-corrected chi connectivity index (χ3v) is 9.79. The molecule has 4 aromatic rings. The van der Waals surface area contributed by atoms with Crippen LogP contribution in [0.4, 0.5) is 5.69 Å². The van der Waals surface area contributed by atoms with Crippen LogP contribution in [0.25, 0.3) is 11.3 Å². The highest BCUT2D eigenvalue weighted by atomic mass is 35.5. The van der Waals surface area contributed by atoms with Crippen molar-refractivity contribution in [3.63, 3.8) is 0 Å². The monoisotopic (exact) mass is 668 g/mol. The Morgan fingerprint density at radius 1 is 0.867 bits per heavy atom. The number of hydrogen-bond acceptors (Lipinski definition) is 8. The van der Waals surface area contributed by atoms with E-state index in [0.29, 0.717) is 40.1 Å². The van der Waals surface area contributed by atoms with Crippen LogP contribution in [-0.4, -0.2) is 46.9 Å². The number of amides is 2. The number of anilines is 1. The number of carbonyl (C=O) groups is 2. The standard InChI is InChI=1S/C31H30Cl2N6O5S/c32-26-11-8-22(14-25(26)28-3-1-2-12-34-28)38-31(41)24-10-9-23(15-27(24)33)45(43,44)37-16-20-6-4-19(5-7-20)13-29-35-17-21(18-36-29)30(40)39-42/h1-3,8-12,14-15,17-20,37,42H,4-7,13,16H2,(H,38,41)(H,39,40). The zero-order valence-electron chi connectivity index (χ0n) is 23.9. The molecule has 11 nitrogen and oxygen atoms in total. The number of rotatable bonds is 10. The quantitative estimate of drug-likeness (QED) is 0.126. The second kappa shape index (κ2) is 14.4. The fraction of sp³-hybridized carbons (Fsp3) is 0.258. The number of hydroxylamine groups is 1. The van der Waals surface area contributed by atoms with Crippen LogP contribution in [0.5, 0.6) is 0 Å². The molecule has 0 radical (unpaired) electrons. The largest absolute Gasteiger partial charge is 0.322 e. The molecule has 2 amide bonds. The summed E-state index contributed by atoms with van der Waals surface area (Å²) in [4.78, 5) is 37.1. The number of sulfonamides is 1. The van der Waals surface area contributed by atoms with Crippen LogP contribution in [0.1, 0.15) is 52.2 Å². The summed E-state index contributed by atoms with van der Waals surface area (Å²) in [6.07, 6.45) is 8.51. The highest BCUT2D eigenvalue weighted by molar-refractivity contribution is 7.89. The third kappa shape index (κ3) is 8.21. The Morgan fingerprint density at radius 3 is 2.27 bits per heavy atom. The molecule has 14 heteroatoms. The van der Waals surface area contributed by atoms with Gasteiger partial charge < -0.3 is 5.32 Å². The summed E-state index contributed by atoms with van der Waals surface area (Å²) < 4.78 is 28.8. The van der Waals surface area contributed by atoms with Gasteiger partial charge in [-0.15, -0.1) is 0 Å². The van der Waals surface area contributed by atoms with Gasteiger partial charge in [0.1, 0.15) is 5.82 Å². The lowest BCUT2D eigenvalue weighted by atomic mass is 9.80. The first kappa shape index (κ1) is 32.5. The fourth-order valence-electron chi connectivity index (χ4n) is 5.22. The summed E-state index contributed by atoms with van der Waals surface area (Å²) in [5.74, 6) is -0.0332. The lowest BCUT2D eigenvalue weighted by Gasteiger charge is -2.28. The highest BCUT2D eigenvalue weighted by Gasteiger charge is 2.25. The Hall–Kier alpha value is -3.94. The molecule has 1 fully saturated rings. The van der Waals surface area contributed by atoms with Crippen molar-refractivity contribution in [2.75, 3.05) is 11.9 Å². The van der Waals surface area contributed by atoms with Crippen LogP contribution in [0, 0.1) is 11.8 Å². The molecule has 2 aromatic heterocycles. The molecule has 0 bridgehead atoms. The molecule has 0 atom stereocenters. The van der Waals surface area contributed by atoms with Crippen LogP contribution in [0.2, 0.25) is 10.0 Å². The van der Waals surface area contributed by atoms with E-state index >= 15 is 0 Å². The van der Waals surface area contributed by atoms with E-state index in [1.165, 1.54) is 30.6 Å². The number of nitrogens with zero attached hydrogens (tertiary/aromatic N) is 3. The smallest absolute Gasteiger partial charge is 0.277 e. The van der Waals surface area contributed by atoms with E-state index in [-0.39, 0.29) is 33.5 Å². The zero-order chi connectivity index (χ0) is 32.0. The minimum absolute atomic E-state index is 0.00189. The molecular weight excluding hydrogens is 639 g/mol. The van der Waals surface area contributed by atoms with Crippen LogP contribution >= 0.6 is 23.2 Å². The normalized spacial score (nSPS) is 16.6. The molecule has 1 aliphatic rings. The summed E-state index contributed by atoms with van der Waals surface area (Å²) in [6, 6.07) is 14.5. The minimum Gasteiger partial charge on any atom is -0.322 e. The Bertz CT molecular complexity index is 1780. The van der Waals surface area contributed by atoms with Gasteiger partial charge in [0.05, 0.1) is 31.8 Å². The Labute approximate surface area is 270 Å². The first-order chi connectivity index (χ1) is 21.6. The zero-order valence-corrected chi connectivity index (χ0v) is 26.2. The van der Waals surface area contributed by atoms with Gasteiger partial charge in [-0.2, -0.15) is 0 Å². The van der Waals surface area contributed by atoms with Gasteiger partial charge in [-0.05, 0) is 86.1 Å². The summed E-state index contributed by atoms with van der Waals surface area (Å²) in [5.41, 5.74) is 3.63. The molecule has 1 aliphatic carbocycles. The predicted octanol–water partition coefficient (Wildman–Crippen LogP) is 5.54. The SMILES string of the molecule is O=C(NO)c1cnc(CC2CCC(CNS(=O)(=O)c3ccc(C(=O)Nc4ccc(Cl)c(-c5ccccn5)c4)c(Cl)c3)CC2)nc1. The maximum Gasteiger partial charge on any atom is 0.277 e. The summed E-state index contributed by atoms with van der Waals surface area (Å²) >= 11 is 12.7. The summed E-state index contributed by atoms with van der Waals surface area (Å²) in [6.45, 7) is 0.283. The van der Waals surface area contributed by atoms with E-state index in [0.717, 1.165) is 25.7 Å². The Kier molecular flexibility index (Phi) is 10.4. The van der Waals surface area contributed by atoms with E-state index in [2.05, 4.69) is 25.0 Å². The topological polar surface area (TPSA) is 163 Å². The van der Waals surface area contributed by atoms with Crippen LogP contribution < -0.4 is 15.5 Å². The van der Waals surface area contributed by atoms with Gasteiger partial charge in [0.25, 0.3) is 11.8 Å². The molecule has 0 unspecified atom stereocenters. The predicted molar refractivity (Wildman–Crippen MR) is 170 cm³/mol. The van der Waals surface area contributed by atoms with Gasteiger partial charge in [-0.3, -0.25) is 19.8 Å². The summed E-state index contributed by atoms with van der Waals surface area (Å²) in [7, 11) is -3.86. The van der Waals surface area contributed by atoms with Crippen LogP contribution in [-0.2, 0) is 16.4 Å². The Balaban J connectivity index is 1.14. The number of halogens is 2. The first-order valence-electron chi connectivity index (χ1n) is 14.2. The third-order valence-electron chi connectivity index (χ3n) is 7.73. The van der Waals surface area contributed by atoms with Crippen molar-refractivity contribution in [2.24, 2.45) is 11.8 Å². The van der Waals surface area contributed by atoms with Crippen molar-refractivity contribution in [2.45, 2.75) is 37.0 Å². The molecule has 5 rings (SSSR count). The van der Waals surface area contributed by atoms with Crippen molar-refractivity contribution >= 4 is 50.7 Å². The van der Waals surface area contributed by atoms with Crippen molar-refractivity contribution in [3.8, 4) is 11.3 Å². The van der Waals surface area contributed by atoms with Gasteiger partial charge in [0.15, 0.2) is 0 Å². The molecule has 0 saturated heterocycles. The van der Waals surface area contributed by atoms with E-state index < -0.39 is 21.8 Å². The van der Waals surface area contributed by atoms with Gasteiger partial charge in [-0.1, -0.05) is 29.3 Å². The molecular formula is C31H30Cl2N6O5S. The molecule has 45 heavy (non-hydrogen) atoms. The second-order valence-corrected chi connectivity index (χ2v) is 13.4. The number of aromatic nitrogens is 3. The van der Waals surface area contributed by atoms with E-state index in [1.54, 1.807) is 35.9 Å². The lowest BCUT2D eigenvalue weighted by Crippen LogP contribution is -2.31. The van der Waals surface area contributed by atoms with E-state index in [9.17, 15) is 18.0 Å². The number of nitrogens with one attached hydrogen (secondary N) is 3. The van der Waals surface area contributed by atoms with Crippen molar-refractivity contribution in [1.29, 1.82) is 0 Å². The minimum atomic E-state index is -3.86. The molecule has 0 aliphatic heterocycles. The van der Waals surface area contributed by atoms with Gasteiger partial charge in [-0.25, -0.2) is 28.6 Å². The fourth-order valence-corrected chi connectivity index (χ4v) is 6.91. The maximum atomic E-state index is 13.1. The van der Waals surface area contributed by atoms with E-state index in [1.807, 2.05) is 12.1 Å². The average Bonchev–Trinajstić information content (AvgIpc) is 3.05. The second-order valence-electron chi connectivity index (χ2n) is 10.8. The number of pyridine rings is 1. The van der Waals surface area contributed by atoms with Gasteiger partial charge in [0, 0.05) is 42.8 Å². The van der Waals surface area contributed by atoms with Crippen LogP contribution in [0.15, 0.2) is 78.1 Å². The van der Waals surface area contributed by atoms with E-state index in [4.69, 9.17) is 28.4 Å². The molecule has 2 aromatic carbocycles. The lowest BCUT2D eigenvalue weighted by molar-refractivity contribution is 0.0705. The van der Waals surface area contributed by atoms with Crippen molar-refractivity contribution in [1.82, 2.24) is 25.2 Å². The number of carbonyl (C=O) groups excluding carboxylic acids is 2. The number of hydrogen-bond donors (Lipinski definition) is 4. The number of benzene rings is 2. The molecule has 2 heterocycles. The van der Waals surface area contributed by atoms with Crippen molar-refractivity contribution in [3.05, 3.63) is 100 Å². The van der Waals surface area contributed by atoms with Crippen molar-refractivity contribution < 1.29 is 23.2 Å². The molecule has 234 valence electrons. The van der Waals surface area contributed by atoms with Gasteiger partial charge in [0.2, 0.25) is 10.0 Å². The highest BCUT2D eigenvalue weighted by Crippen LogP contribution is 2.32. The summed E-state index contributed by atoms with van der Waals surface area (Å²) in [5, 5.41) is 12.0. The van der Waals surface area contributed by atoms with Gasteiger partial charge >= 0.3 is 0 Å².